The molecule has 0 radical (unpaired) electrons. The minimum atomic E-state index is -2.84. The van der Waals surface area contributed by atoms with Gasteiger partial charge < -0.3 is 14.4 Å². The van der Waals surface area contributed by atoms with E-state index in [1.165, 1.54) is 11.3 Å². The number of rotatable bonds is 7. The highest BCUT2D eigenvalue weighted by Crippen LogP contribution is 2.28. The summed E-state index contributed by atoms with van der Waals surface area (Å²) in [7, 11) is 1.98. The molecule has 0 aliphatic carbocycles. The van der Waals surface area contributed by atoms with Crippen LogP contribution in [0, 0.1) is 0 Å². The van der Waals surface area contributed by atoms with Crippen molar-refractivity contribution >= 4 is 21.6 Å². The lowest BCUT2D eigenvalue weighted by molar-refractivity contribution is -0.0507. The zero-order valence-electron chi connectivity index (χ0n) is 15.2. The van der Waals surface area contributed by atoms with E-state index in [1.54, 1.807) is 12.1 Å². The first-order valence-electron chi connectivity index (χ1n) is 8.85. The second kappa shape index (κ2) is 9.48. The molecule has 1 aliphatic heterocycles. The number of halogens is 3. The largest absolute Gasteiger partial charge is 0.434 e. The topological polar surface area (TPSA) is 24.9 Å². The third-order valence-corrected chi connectivity index (χ3v) is 4.96. The Morgan fingerprint density at radius 3 is 2.56 bits per heavy atom. The van der Waals surface area contributed by atoms with Gasteiger partial charge in [-0.05, 0) is 36.9 Å². The van der Waals surface area contributed by atoms with Gasteiger partial charge in [-0.3, -0.25) is 4.90 Å². The molecule has 0 amide bonds. The second-order valence-corrected chi connectivity index (χ2v) is 7.45. The molecule has 1 saturated heterocycles. The van der Waals surface area contributed by atoms with Gasteiger partial charge in [-0.15, -0.1) is 0 Å². The van der Waals surface area contributed by atoms with Crippen molar-refractivity contribution in [1.82, 2.24) is 4.90 Å². The lowest BCUT2D eigenvalue weighted by Crippen LogP contribution is -2.37. The molecule has 0 atom stereocenters. The molecule has 4 nitrogen and oxygen atoms in total. The van der Waals surface area contributed by atoms with Crippen LogP contribution in [0.3, 0.4) is 0 Å². The number of para-hydroxylation sites is 1. The third kappa shape index (κ3) is 5.64. The van der Waals surface area contributed by atoms with Crippen molar-refractivity contribution in [1.29, 1.82) is 0 Å². The number of ether oxygens (including phenoxy) is 2. The maximum absolute atomic E-state index is 12.7. The highest BCUT2D eigenvalue weighted by atomic mass is 79.9. The van der Waals surface area contributed by atoms with E-state index in [0.717, 1.165) is 36.3 Å². The summed E-state index contributed by atoms with van der Waals surface area (Å²) in [6.07, 6.45) is 0. The van der Waals surface area contributed by atoms with Gasteiger partial charge >= 0.3 is 6.61 Å². The molecule has 0 unspecified atom stereocenters. The van der Waals surface area contributed by atoms with Crippen LogP contribution in [0.5, 0.6) is 5.75 Å². The fourth-order valence-corrected chi connectivity index (χ4v) is 3.69. The molecule has 2 aromatic carbocycles. The van der Waals surface area contributed by atoms with Crippen molar-refractivity contribution in [2.24, 2.45) is 0 Å². The van der Waals surface area contributed by atoms with Gasteiger partial charge in [0.15, 0.2) is 0 Å². The normalized spacial score (nSPS) is 14.8. The van der Waals surface area contributed by atoms with Crippen molar-refractivity contribution in [2.45, 2.75) is 19.7 Å². The van der Waals surface area contributed by atoms with Crippen LogP contribution in [0.2, 0.25) is 0 Å². The van der Waals surface area contributed by atoms with E-state index in [2.05, 4.69) is 42.6 Å². The van der Waals surface area contributed by atoms with Crippen molar-refractivity contribution in [2.75, 3.05) is 38.3 Å². The van der Waals surface area contributed by atoms with E-state index < -0.39 is 6.61 Å². The van der Waals surface area contributed by atoms with Gasteiger partial charge in [-0.25, -0.2) is 0 Å². The fourth-order valence-electron chi connectivity index (χ4n) is 3.28. The Kier molecular flexibility index (Phi) is 7.04. The summed E-state index contributed by atoms with van der Waals surface area (Å²) >= 11 is 3.40. The molecule has 1 aliphatic rings. The van der Waals surface area contributed by atoms with Crippen LogP contribution >= 0.6 is 15.9 Å². The number of nitrogens with zero attached hydrogens (tertiary/aromatic N) is 2. The molecule has 0 aromatic heterocycles. The molecule has 2 aromatic rings. The second-order valence-electron chi connectivity index (χ2n) is 6.53. The molecule has 0 bridgehead atoms. The van der Waals surface area contributed by atoms with Crippen molar-refractivity contribution in [3.8, 4) is 5.75 Å². The average molecular weight is 441 g/mol. The first kappa shape index (κ1) is 20.0. The molecule has 0 saturated carbocycles. The number of hydrogen-bond donors (Lipinski definition) is 0. The molecule has 1 fully saturated rings. The molecular formula is C20H23BrF2N2O2. The summed E-state index contributed by atoms with van der Waals surface area (Å²) < 4.78 is 36.3. The molecule has 27 heavy (non-hydrogen) atoms. The molecule has 0 spiro atoms. The van der Waals surface area contributed by atoms with Crippen LogP contribution in [0.1, 0.15) is 11.1 Å². The van der Waals surface area contributed by atoms with Gasteiger partial charge in [0.2, 0.25) is 0 Å². The predicted molar refractivity (Wildman–Crippen MR) is 105 cm³/mol. The maximum atomic E-state index is 12.7. The lowest BCUT2D eigenvalue weighted by Gasteiger charge is -2.31. The molecular weight excluding hydrogens is 418 g/mol. The van der Waals surface area contributed by atoms with E-state index in [0.29, 0.717) is 13.1 Å². The van der Waals surface area contributed by atoms with Crippen molar-refractivity contribution in [3.05, 3.63) is 58.1 Å². The third-order valence-electron chi connectivity index (χ3n) is 4.46. The Hall–Kier alpha value is -1.70. The predicted octanol–water partition coefficient (Wildman–Crippen LogP) is 4.52. The molecule has 146 valence electrons. The smallest absolute Gasteiger partial charge is 0.387 e. The Balaban J connectivity index is 1.73. The van der Waals surface area contributed by atoms with Crippen LogP contribution < -0.4 is 9.64 Å². The van der Waals surface area contributed by atoms with Crippen LogP contribution in [0.4, 0.5) is 14.5 Å². The van der Waals surface area contributed by atoms with E-state index in [9.17, 15) is 8.78 Å². The highest BCUT2D eigenvalue weighted by molar-refractivity contribution is 9.10. The van der Waals surface area contributed by atoms with Crippen LogP contribution in [0.15, 0.2) is 46.9 Å². The minimum absolute atomic E-state index is 0.210. The van der Waals surface area contributed by atoms with Crippen LogP contribution in [0.25, 0.3) is 0 Å². The van der Waals surface area contributed by atoms with E-state index in [4.69, 9.17) is 4.74 Å². The maximum Gasteiger partial charge on any atom is 0.387 e. The van der Waals surface area contributed by atoms with Crippen molar-refractivity contribution < 1.29 is 18.3 Å². The summed E-state index contributed by atoms with van der Waals surface area (Å²) in [5, 5.41) is 0. The summed E-state index contributed by atoms with van der Waals surface area (Å²) in [5.74, 6) is 0.210. The van der Waals surface area contributed by atoms with E-state index in [1.807, 2.05) is 25.2 Å². The number of benzene rings is 2. The van der Waals surface area contributed by atoms with Crippen LogP contribution in [-0.2, 0) is 17.8 Å². The van der Waals surface area contributed by atoms with Gasteiger partial charge in [-0.1, -0.05) is 34.1 Å². The van der Waals surface area contributed by atoms with Crippen molar-refractivity contribution in [3.63, 3.8) is 0 Å². The van der Waals surface area contributed by atoms with Gasteiger partial charge in [0.05, 0.1) is 13.2 Å². The Bertz CT molecular complexity index is 755. The highest BCUT2D eigenvalue weighted by Gasteiger charge is 2.17. The summed E-state index contributed by atoms with van der Waals surface area (Å²) in [4.78, 5) is 4.43. The number of anilines is 1. The first-order chi connectivity index (χ1) is 13.0. The quantitative estimate of drug-likeness (QED) is 0.631. The van der Waals surface area contributed by atoms with E-state index in [-0.39, 0.29) is 5.75 Å². The Labute approximate surface area is 166 Å². The lowest BCUT2D eigenvalue weighted by atomic mass is 10.1. The molecule has 7 heteroatoms. The van der Waals surface area contributed by atoms with Crippen LogP contribution in [-0.4, -0.2) is 44.9 Å². The first-order valence-corrected chi connectivity index (χ1v) is 9.64. The summed E-state index contributed by atoms with van der Waals surface area (Å²) in [6.45, 7) is 1.58. The average Bonchev–Trinajstić information content (AvgIpc) is 2.65. The van der Waals surface area contributed by atoms with Gasteiger partial charge in [0.1, 0.15) is 5.75 Å². The molecule has 3 rings (SSSR count). The minimum Gasteiger partial charge on any atom is -0.434 e. The molecule has 1 heterocycles. The van der Waals surface area contributed by atoms with Gasteiger partial charge in [0.25, 0.3) is 0 Å². The fraction of sp³-hybridized carbons (Fsp3) is 0.400. The summed E-state index contributed by atoms with van der Waals surface area (Å²) in [5.41, 5.74) is 3.12. The Morgan fingerprint density at radius 2 is 1.81 bits per heavy atom. The number of hydrogen-bond acceptors (Lipinski definition) is 4. The molecule has 0 N–H and O–H groups in total. The standard InChI is InChI=1S/C20H23BrF2N2O2/c1-24(14-16-12-17(21)6-7-19(16)27-20(22)23)13-15-4-2-3-5-18(15)25-8-10-26-11-9-25/h2-7,12,20H,8-11,13-14H2,1H3. The number of morpholine rings is 1. The van der Waals surface area contributed by atoms with Gasteiger partial charge in [-0.2, -0.15) is 8.78 Å². The monoisotopic (exact) mass is 440 g/mol. The summed E-state index contributed by atoms with van der Waals surface area (Å²) in [6, 6.07) is 13.4. The zero-order valence-corrected chi connectivity index (χ0v) is 16.8. The number of alkyl halides is 2. The van der Waals surface area contributed by atoms with Gasteiger partial charge in [0, 0.05) is 41.9 Å². The zero-order chi connectivity index (χ0) is 19.2. The van der Waals surface area contributed by atoms with E-state index >= 15 is 0 Å². The SMILES string of the molecule is CN(Cc1cc(Br)ccc1OC(F)F)Cc1ccccc1N1CCOCC1. The Morgan fingerprint density at radius 1 is 1.11 bits per heavy atom.